The van der Waals surface area contributed by atoms with E-state index in [1.165, 1.54) is 0 Å². The van der Waals surface area contributed by atoms with Gasteiger partial charge in [0, 0.05) is 17.1 Å². The minimum Gasteiger partial charge on any atom is -0.382 e. The Hall–Kier alpha value is -2.48. The highest BCUT2D eigenvalue weighted by molar-refractivity contribution is 9.10. The Morgan fingerprint density at radius 3 is 2.77 bits per heavy atom. The van der Waals surface area contributed by atoms with Crippen LogP contribution in [0.15, 0.2) is 41.1 Å². The number of fused-ring (bicyclic) bond motifs is 2. The topological polar surface area (TPSA) is 86.4 Å². The number of nitrogen functional groups attached to an aromatic ring is 1. The van der Waals surface area contributed by atoms with E-state index in [-0.39, 0.29) is 0 Å². The van der Waals surface area contributed by atoms with Crippen molar-refractivity contribution >= 4 is 33.0 Å². The third-order valence-corrected chi connectivity index (χ3v) is 3.90. The molecule has 0 spiro atoms. The second-order valence-electron chi connectivity index (χ2n) is 4.98. The Kier molecular flexibility index (Phi) is 3.04. The van der Waals surface area contributed by atoms with E-state index >= 15 is 0 Å². The fraction of sp³-hybridized carbons (Fsp3) is 0.143. The van der Waals surface area contributed by atoms with E-state index in [0.717, 1.165) is 40.1 Å². The molecule has 0 unspecified atom stereocenters. The molecule has 22 heavy (non-hydrogen) atoms. The van der Waals surface area contributed by atoms with Gasteiger partial charge in [0.15, 0.2) is 11.3 Å². The molecule has 4 aromatic heterocycles. The lowest BCUT2D eigenvalue weighted by molar-refractivity contribution is 0.782. The molecule has 7 nitrogen and oxygen atoms in total. The number of aromatic nitrogens is 6. The van der Waals surface area contributed by atoms with Gasteiger partial charge in [-0.3, -0.25) is 4.40 Å². The highest BCUT2D eigenvalue weighted by Gasteiger charge is 2.07. The van der Waals surface area contributed by atoms with E-state index in [1.54, 1.807) is 10.7 Å². The first kappa shape index (κ1) is 13.2. The van der Waals surface area contributed by atoms with Crippen molar-refractivity contribution in [3.63, 3.8) is 0 Å². The van der Waals surface area contributed by atoms with Gasteiger partial charge in [0.1, 0.15) is 11.6 Å². The molecule has 4 heterocycles. The van der Waals surface area contributed by atoms with Gasteiger partial charge < -0.3 is 5.73 Å². The van der Waals surface area contributed by atoms with Gasteiger partial charge >= 0.3 is 0 Å². The third kappa shape index (κ3) is 2.31. The van der Waals surface area contributed by atoms with Crippen molar-refractivity contribution in [3.05, 3.63) is 52.7 Å². The number of aryl methyl sites for hydroxylation is 2. The zero-order valence-electron chi connectivity index (χ0n) is 11.5. The molecule has 0 saturated carbocycles. The number of imidazole rings is 1. The molecule has 0 amide bonds. The van der Waals surface area contributed by atoms with E-state index in [9.17, 15) is 0 Å². The van der Waals surface area contributed by atoms with E-state index in [0.29, 0.717) is 5.82 Å². The smallest absolute Gasteiger partial charge is 0.160 e. The highest BCUT2D eigenvalue weighted by atomic mass is 79.9. The van der Waals surface area contributed by atoms with Gasteiger partial charge in [0.05, 0.1) is 11.9 Å². The second kappa shape index (κ2) is 5.06. The second-order valence-corrected chi connectivity index (χ2v) is 5.90. The van der Waals surface area contributed by atoms with E-state index in [4.69, 9.17) is 5.73 Å². The minimum absolute atomic E-state index is 0.470. The Bertz CT molecular complexity index is 972. The Morgan fingerprint density at radius 1 is 1.00 bits per heavy atom. The molecule has 8 heteroatoms. The lowest BCUT2D eigenvalue weighted by atomic mass is 10.2. The molecule has 0 radical (unpaired) electrons. The van der Waals surface area contributed by atoms with Gasteiger partial charge in [0.2, 0.25) is 0 Å². The average molecular weight is 358 g/mol. The molecule has 0 saturated heterocycles. The van der Waals surface area contributed by atoms with Crippen molar-refractivity contribution in [1.29, 1.82) is 0 Å². The SMILES string of the molecule is Nc1cn2nc(CCc3nnc4ccc(Br)cn34)ccc2n1. The van der Waals surface area contributed by atoms with Crippen LogP contribution in [0.1, 0.15) is 11.5 Å². The first-order chi connectivity index (χ1) is 10.7. The summed E-state index contributed by atoms with van der Waals surface area (Å²) in [5.74, 6) is 1.38. The molecule has 4 rings (SSSR count). The number of hydrogen-bond donors (Lipinski definition) is 1. The standard InChI is InChI=1S/C14H12BrN7/c15-9-1-4-13-18-19-14(21(13)7-9)6-3-10-2-5-12-17-11(16)8-22(12)20-10/h1-2,4-5,7-8H,3,6,16H2. The predicted octanol–water partition coefficient (Wildman–Crippen LogP) is 1.90. The van der Waals surface area contributed by atoms with Gasteiger partial charge in [-0.1, -0.05) is 0 Å². The molecule has 0 aliphatic carbocycles. The summed E-state index contributed by atoms with van der Waals surface area (Å²) in [6.07, 6.45) is 5.20. The average Bonchev–Trinajstić information content (AvgIpc) is 3.06. The van der Waals surface area contributed by atoms with Crippen molar-refractivity contribution in [2.24, 2.45) is 0 Å². The van der Waals surface area contributed by atoms with E-state index < -0.39 is 0 Å². The van der Waals surface area contributed by atoms with Crippen LogP contribution >= 0.6 is 15.9 Å². The molecule has 0 fully saturated rings. The van der Waals surface area contributed by atoms with Crippen LogP contribution in [-0.2, 0) is 12.8 Å². The molecule has 0 aliphatic rings. The molecule has 110 valence electrons. The van der Waals surface area contributed by atoms with Crippen LogP contribution in [0.3, 0.4) is 0 Å². The van der Waals surface area contributed by atoms with Crippen LogP contribution in [-0.4, -0.2) is 29.2 Å². The number of nitrogens with two attached hydrogens (primary N) is 1. The molecule has 0 bridgehead atoms. The Balaban J connectivity index is 1.60. The van der Waals surface area contributed by atoms with E-state index in [2.05, 4.69) is 36.2 Å². The van der Waals surface area contributed by atoms with Crippen molar-refractivity contribution in [3.8, 4) is 0 Å². The number of rotatable bonds is 3. The third-order valence-electron chi connectivity index (χ3n) is 3.44. The van der Waals surface area contributed by atoms with Crippen LogP contribution in [0.5, 0.6) is 0 Å². The maximum Gasteiger partial charge on any atom is 0.160 e. The maximum absolute atomic E-state index is 5.67. The summed E-state index contributed by atoms with van der Waals surface area (Å²) in [5.41, 5.74) is 8.21. The normalized spacial score (nSPS) is 11.5. The summed E-state index contributed by atoms with van der Waals surface area (Å²) in [6, 6.07) is 7.75. The summed E-state index contributed by atoms with van der Waals surface area (Å²) in [6.45, 7) is 0. The Labute approximate surface area is 133 Å². The molecule has 0 atom stereocenters. The van der Waals surface area contributed by atoms with Crippen molar-refractivity contribution in [1.82, 2.24) is 29.2 Å². The van der Waals surface area contributed by atoms with Gasteiger partial charge in [-0.15, -0.1) is 10.2 Å². The Morgan fingerprint density at radius 2 is 1.86 bits per heavy atom. The molecule has 0 aliphatic heterocycles. The minimum atomic E-state index is 0.470. The number of anilines is 1. The fourth-order valence-electron chi connectivity index (χ4n) is 2.40. The molecule has 2 N–H and O–H groups in total. The van der Waals surface area contributed by atoms with Gasteiger partial charge in [-0.05, 0) is 46.6 Å². The van der Waals surface area contributed by atoms with Crippen LogP contribution < -0.4 is 5.73 Å². The predicted molar refractivity (Wildman–Crippen MR) is 85.5 cm³/mol. The number of pyridine rings is 1. The summed E-state index contributed by atoms with van der Waals surface area (Å²) < 4.78 is 4.68. The van der Waals surface area contributed by atoms with Gasteiger partial charge in [0.25, 0.3) is 0 Å². The molecule has 0 aromatic carbocycles. The number of hydrogen-bond acceptors (Lipinski definition) is 5. The highest BCUT2D eigenvalue weighted by Crippen LogP contribution is 2.13. The lowest BCUT2D eigenvalue weighted by Crippen LogP contribution is -2.02. The largest absolute Gasteiger partial charge is 0.382 e. The van der Waals surface area contributed by atoms with Crippen LogP contribution in [0.4, 0.5) is 5.82 Å². The monoisotopic (exact) mass is 357 g/mol. The summed E-state index contributed by atoms with van der Waals surface area (Å²) in [4.78, 5) is 4.16. The van der Waals surface area contributed by atoms with Crippen LogP contribution in [0, 0.1) is 0 Å². The van der Waals surface area contributed by atoms with Gasteiger partial charge in [-0.2, -0.15) is 5.10 Å². The summed E-state index contributed by atoms with van der Waals surface area (Å²) in [5, 5.41) is 12.9. The molecule has 4 aromatic rings. The van der Waals surface area contributed by atoms with Gasteiger partial charge in [-0.25, -0.2) is 9.50 Å². The quantitative estimate of drug-likeness (QED) is 0.605. The van der Waals surface area contributed by atoms with Crippen molar-refractivity contribution in [2.75, 3.05) is 5.73 Å². The zero-order chi connectivity index (χ0) is 15.1. The zero-order valence-corrected chi connectivity index (χ0v) is 13.1. The number of nitrogens with zero attached hydrogens (tertiary/aromatic N) is 6. The molecular weight excluding hydrogens is 346 g/mol. The van der Waals surface area contributed by atoms with Crippen LogP contribution in [0.2, 0.25) is 0 Å². The van der Waals surface area contributed by atoms with Crippen LogP contribution in [0.25, 0.3) is 11.3 Å². The number of halogens is 1. The van der Waals surface area contributed by atoms with Crippen molar-refractivity contribution < 1.29 is 0 Å². The lowest BCUT2D eigenvalue weighted by Gasteiger charge is -2.02. The first-order valence-electron chi connectivity index (χ1n) is 6.79. The van der Waals surface area contributed by atoms with E-state index in [1.807, 2.05) is 34.9 Å². The molecular formula is C14H12BrN7. The fourth-order valence-corrected chi connectivity index (χ4v) is 2.73. The first-order valence-corrected chi connectivity index (χ1v) is 7.58. The summed E-state index contributed by atoms with van der Waals surface area (Å²) >= 11 is 3.47. The summed E-state index contributed by atoms with van der Waals surface area (Å²) in [7, 11) is 0. The maximum atomic E-state index is 5.67. The van der Waals surface area contributed by atoms with Crippen molar-refractivity contribution in [2.45, 2.75) is 12.8 Å².